The number of nitrogen functional groups attached to an aromatic ring is 1. The van der Waals surface area contributed by atoms with Gasteiger partial charge in [-0.1, -0.05) is 23.8 Å². The summed E-state index contributed by atoms with van der Waals surface area (Å²) in [5, 5.41) is 4.16. The zero-order chi connectivity index (χ0) is 14.0. The lowest BCUT2D eigenvalue weighted by molar-refractivity contribution is 0.552. The Hall–Kier alpha value is -1.85. The second kappa shape index (κ2) is 5.42. The smallest absolute Gasteiger partial charge is 0.126 e. The van der Waals surface area contributed by atoms with Crippen molar-refractivity contribution in [1.82, 2.24) is 15.2 Å². The summed E-state index contributed by atoms with van der Waals surface area (Å²) in [6, 6.07) is 6.40. The highest BCUT2D eigenvalue weighted by Crippen LogP contribution is 2.24. The number of hydrogen-bond acceptors (Lipinski definition) is 4. The molecule has 0 aliphatic rings. The van der Waals surface area contributed by atoms with Crippen LogP contribution in [-0.4, -0.2) is 9.78 Å². The first-order valence-corrected chi connectivity index (χ1v) is 6.32. The molecular formula is C14H21N5. The Morgan fingerprint density at radius 1 is 1.37 bits per heavy atom. The summed E-state index contributed by atoms with van der Waals surface area (Å²) >= 11 is 0. The van der Waals surface area contributed by atoms with E-state index >= 15 is 0 Å². The van der Waals surface area contributed by atoms with Crippen molar-refractivity contribution >= 4 is 5.82 Å². The van der Waals surface area contributed by atoms with E-state index in [-0.39, 0.29) is 6.04 Å². The van der Waals surface area contributed by atoms with E-state index in [0.29, 0.717) is 5.82 Å². The number of rotatable bonds is 4. The van der Waals surface area contributed by atoms with Gasteiger partial charge in [-0.3, -0.25) is 16.0 Å². The highest BCUT2D eigenvalue weighted by molar-refractivity contribution is 5.42. The van der Waals surface area contributed by atoms with Gasteiger partial charge in [-0.15, -0.1) is 0 Å². The van der Waals surface area contributed by atoms with E-state index in [9.17, 15) is 0 Å². The van der Waals surface area contributed by atoms with Crippen LogP contribution in [0.4, 0.5) is 5.82 Å². The van der Waals surface area contributed by atoms with Crippen LogP contribution < -0.4 is 17.0 Å². The second-order valence-corrected chi connectivity index (χ2v) is 4.96. The summed E-state index contributed by atoms with van der Waals surface area (Å²) in [6.45, 7) is 4.20. The Morgan fingerprint density at radius 2 is 2.11 bits per heavy atom. The molecule has 1 aromatic heterocycles. The van der Waals surface area contributed by atoms with Gasteiger partial charge < -0.3 is 5.73 Å². The van der Waals surface area contributed by atoms with Crippen LogP contribution in [0.5, 0.6) is 0 Å². The van der Waals surface area contributed by atoms with Gasteiger partial charge in [-0.05, 0) is 31.4 Å². The minimum absolute atomic E-state index is 0.0331. The van der Waals surface area contributed by atoms with Crippen molar-refractivity contribution in [1.29, 1.82) is 0 Å². The summed E-state index contributed by atoms with van der Waals surface area (Å²) in [7, 11) is 1.82. The van der Waals surface area contributed by atoms with E-state index in [1.165, 1.54) is 16.7 Å². The van der Waals surface area contributed by atoms with Gasteiger partial charge in [0, 0.05) is 12.6 Å². The van der Waals surface area contributed by atoms with Gasteiger partial charge in [0.2, 0.25) is 0 Å². The molecule has 0 fully saturated rings. The predicted molar refractivity (Wildman–Crippen MR) is 77.3 cm³/mol. The molecule has 0 spiro atoms. The molecule has 0 aliphatic heterocycles. The van der Waals surface area contributed by atoms with Crippen molar-refractivity contribution in [2.75, 3.05) is 5.73 Å². The Labute approximate surface area is 113 Å². The molecule has 19 heavy (non-hydrogen) atoms. The molecule has 0 saturated heterocycles. The lowest BCUT2D eigenvalue weighted by Gasteiger charge is -2.17. The first kappa shape index (κ1) is 13.6. The number of aromatic nitrogens is 2. The van der Waals surface area contributed by atoms with E-state index in [1.54, 1.807) is 10.9 Å². The Morgan fingerprint density at radius 3 is 2.68 bits per heavy atom. The normalized spacial score (nSPS) is 12.6. The van der Waals surface area contributed by atoms with E-state index in [1.807, 2.05) is 7.05 Å². The van der Waals surface area contributed by atoms with Crippen molar-refractivity contribution in [3.63, 3.8) is 0 Å². The standard InChI is InChI=1S/C14H21N5/c1-9-4-5-10(2)11(6-9)7-13(18-16)12-8-17-19(3)14(12)15/h4-6,8,13,18H,7,15-16H2,1-3H3. The van der Waals surface area contributed by atoms with Crippen LogP contribution in [0.1, 0.15) is 28.3 Å². The van der Waals surface area contributed by atoms with Gasteiger partial charge in [0.15, 0.2) is 0 Å². The van der Waals surface area contributed by atoms with Gasteiger partial charge >= 0.3 is 0 Å². The van der Waals surface area contributed by atoms with Crippen molar-refractivity contribution < 1.29 is 0 Å². The topological polar surface area (TPSA) is 81.9 Å². The Balaban J connectivity index is 2.29. The summed E-state index contributed by atoms with van der Waals surface area (Å²) in [6.07, 6.45) is 2.56. The SMILES string of the molecule is Cc1ccc(C)c(CC(NN)c2cnn(C)c2N)c1. The van der Waals surface area contributed by atoms with Gasteiger partial charge in [0.25, 0.3) is 0 Å². The molecule has 5 heteroatoms. The first-order valence-electron chi connectivity index (χ1n) is 6.32. The first-order chi connectivity index (χ1) is 9.02. The largest absolute Gasteiger partial charge is 0.384 e. The number of hydrazine groups is 1. The van der Waals surface area contributed by atoms with Crippen LogP contribution >= 0.6 is 0 Å². The van der Waals surface area contributed by atoms with Gasteiger partial charge in [-0.25, -0.2) is 0 Å². The summed E-state index contributed by atoms with van der Waals surface area (Å²) in [5.41, 5.74) is 13.5. The third-order valence-electron chi connectivity index (χ3n) is 3.52. The minimum Gasteiger partial charge on any atom is -0.384 e. The van der Waals surface area contributed by atoms with E-state index in [4.69, 9.17) is 11.6 Å². The summed E-state index contributed by atoms with van der Waals surface area (Å²) in [4.78, 5) is 0. The highest BCUT2D eigenvalue weighted by Gasteiger charge is 2.17. The lowest BCUT2D eigenvalue weighted by atomic mass is 9.96. The quantitative estimate of drug-likeness (QED) is 0.572. The van der Waals surface area contributed by atoms with Gasteiger partial charge in [-0.2, -0.15) is 5.10 Å². The zero-order valence-electron chi connectivity index (χ0n) is 11.6. The number of nitrogens with one attached hydrogen (secondary N) is 1. The van der Waals surface area contributed by atoms with E-state index in [0.717, 1.165) is 12.0 Å². The Bertz CT molecular complexity index is 573. The molecule has 1 atom stereocenters. The van der Waals surface area contributed by atoms with Gasteiger partial charge in [0.05, 0.1) is 12.2 Å². The van der Waals surface area contributed by atoms with Crippen LogP contribution in [-0.2, 0) is 13.5 Å². The molecule has 102 valence electrons. The zero-order valence-corrected chi connectivity index (χ0v) is 11.6. The van der Waals surface area contributed by atoms with Crippen molar-refractivity contribution in [2.24, 2.45) is 12.9 Å². The maximum Gasteiger partial charge on any atom is 0.126 e. The average molecular weight is 259 g/mol. The summed E-state index contributed by atoms with van der Waals surface area (Å²) < 4.78 is 1.66. The molecule has 2 aromatic rings. The predicted octanol–water partition coefficient (Wildman–Crippen LogP) is 1.37. The molecule has 0 saturated carbocycles. The third kappa shape index (κ3) is 2.77. The van der Waals surface area contributed by atoms with Crippen LogP contribution in [0.25, 0.3) is 0 Å². The molecule has 1 unspecified atom stereocenters. The molecule has 0 radical (unpaired) electrons. The molecule has 1 heterocycles. The van der Waals surface area contributed by atoms with Crippen molar-refractivity contribution in [2.45, 2.75) is 26.3 Å². The number of benzene rings is 1. The summed E-state index contributed by atoms with van der Waals surface area (Å²) in [5.74, 6) is 6.32. The van der Waals surface area contributed by atoms with Crippen molar-refractivity contribution in [3.05, 3.63) is 46.6 Å². The van der Waals surface area contributed by atoms with E-state index in [2.05, 4.69) is 42.6 Å². The van der Waals surface area contributed by atoms with Gasteiger partial charge in [0.1, 0.15) is 5.82 Å². The highest BCUT2D eigenvalue weighted by atomic mass is 15.3. The fourth-order valence-electron chi connectivity index (χ4n) is 2.23. The number of nitrogens with zero attached hydrogens (tertiary/aromatic N) is 2. The number of aryl methyl sites for hydroxylation is 3. The molecule has 0 aliphatic carbocycles. The Kier molecular flexibility index (Phi) is 3.87. The second-order valence-electron chi connectivity index (χ2n) is 4.96. The van der Waals surface area contributed by atoms with E-state index < -0.39 is 0 Å². The molecule has 0 bridgehead atoms. The average Bonchev–Trinajstić information content (AvgIpc) is 2.71. The molecule has 5 N–H and O–H groups in total. The maximum absolute atomic E-state index is 6.01. The van der Waals surface area contributed by atoms with Crippen LogP contribution in [0.15, 0.2) is 24.4 Å². The maximum atomic E-state index is 6.01. The number of nitrogens with two attached hydrogens (primary N) is 2. The van der Waals surface area contributed by atoms with Crippen molar-refractivity contribution in [3.8, 4) is 0 Å². The van der Waals surface area contributed by atoms with Crippen LogP contribution in [0.2, 0.25) is 0 Å². The monoisotopic (exact) mass is 259 g/mol. The fourth-order valence-corrected chi connectivity index (χ4v) is 2.23. The minimum atomic E-state index is -0.0331. The molecule has 2 rings (SSSR count). The molecule has 5 nitrogen and oxygen atoms in total. The third-order valence-corrected chi connectivity index (χ3v) is 3.52. The fraction of sp³-hybridized carbons (Fsp3) is 0.357. The van der Waals surface area contributed by atoms with Crippen LogP contribution in [0, 0.1) is 13.8 Å². The molecular weight excluding hydrogens is 238 g/mol. The number of hydrogen-bond donors (Lipinski definition) is 3. The van der Waals surface area contributed by atoms with Crippen LogP contribution in [0.3, 0.4) is 0 Å². The molecule has 1 aromatic carbocycles. The number of anilines is 1. The molecule has 0 amide bonds. The lowest BCUT2D eigenvalue weighted by Crippen LogP contribution is -2.30.